The van der Waals surface area contributed by atoms with Crippen LogP contribution in [0.15, 0.2) is 60.7 Å². The van der Waals surface area contributed by atoms with Crippen LogP contribution in [0.4, 0.5) is 0 Å². The summed E-state index contributed by atoms with van der Waals surface area (Å²) in [7, 11) is -1.84. The molecule has 2 aromatic carbocycles. The van der Waals surface area contributed by atoms with Crippen molar-refractivity contribution >= 4 is 16.2 Å². The minimum atomic E-state index is -3.80. The Balaban J connectivity index is 1.70. The van der Waals surface area contributed by atoms with E-state index in [1.54, 1.807) is 0 Å². The molecular formula is C21H27N3O4S. The molecule has 1 heterocycles. The number of benzene rings is 2. The molecule has 0 bridgehead atoms. The zero-order valence-electron chi connectivity index (χ0n) is 16.5. The molecule has 0 aromatic heterocycles. The molecule has 0 radical (unpaired) electrons. The van der Waals surface area contributed by atoms with Gasteiger partial charge in [-0.25, -0.2) is 0 Å². The lowest BCUT2D eigenvalue weighted by molar-refractivity contribution is -0.147. The Morgan fingerprint density at radius 1 is 0.966 bits per heavy atom. The molecule has 1 atom stereocenters. The maximum Gasteiger partial charge on any atom is 0.324 e. The molecule has 0 amide bonds. The van der Waals surface area contributed by atoms with Gasteiger partial charge in [0.25, 0.3) is 10.2 Å². The van der Waals surface area contributed by atoms with E-state index >= 15 is 0 Å². The Labute approximate surface area is 172 Å². The van der Waals surface area contributed by atoms with Gasteiger partial charge in [0, 0.05) is 26.2 Å². The summed E-state index contributed by atoms with van der Waals surface area (Å²) in [4.78, 5) is 14.8. The van der Waals surface area contributed by atoms with E-state index in [1.807, 2.05) is 67.7 Å². The van der Waals surface area contributed by atoms with Gasteiger partial charge in [-0.15, -0.1) is 0 Å². The number of piperazine rings is 1. The molecule has 1 N–H and O–H groups in total. The molecular weight excluding hydrogens is 390 g/mol. The van der Waals surface area contributed by atoms with Crippen LogP contribution in [0.3, 0.4) is 0 Å². The number of ether oxygens (including phenoxy) is 1. The lowest BCUT2D eigenvalue weighted by Crippen LogP contribution is -2.54. The van der Waals surface area contributed by atoms with Crippen LogP contribution in [0.2, 0.25) is 0 Å². The highest BCUT2D eigenvalue weighted by atomic mass is 32.2. The average Bonchev–Trinajstić information content (AvgIpc) is 2.73. The molecule has 3 rings (SSSR count). The molecule has 1 saturated heterocycles. The number of hydrogen-bond acceptors (Lipinski definition) is 5. The summed E-state index contributed by atoms with van der Waals surface area (Å²) >= 11 is 0. The maximum absolute atomic E-state index is 12.9. The van der Waals surface area contributed by atoms with Crippen LogP contribution in [-0.2, 0) is 32.8 Å². The van der Waals surface area contributed by atoms with E-state index < -0.39 is 22.2 Å². The number of likely N-dealkylation sites (N-methyl/N-ethyl adjacent to an activating group) is 1. The average molecular weight is 418 g/mol. The first kappa shape index (κ1) is 21.4. The summed E-state index contributed by atoms with van der Waals surface area (Å²) in [6.07, 6.45) is 0.224. The Kier molecular flexibility index (Phi) is 7.38. The van der Waals surface area contributed by atoms with Crippen LogP contribution in [0.25, 0.3) is 0 Å². The van der Waals surface area contributed by atoms with Gasteiger partial charge in [0.1, 0.15) is 12.6 Å². The van der Waals surface area contributed by atoms with E-state index in [0.29, 0.717) is 26.2 Å². The van der Waals surface area contributed by atoms with Gasteiger partial charge in [-0.05, 0) is 24.6 Å². The van der Waals surface area contributed by atoms with Gasteiger partial charge in [-0.1, -0.05) is 60.7 Å². The number of nitrogens with zero attached hydrogens (tertiary/aromatic N) is 2. The number of rotatable bonds is 8. The van der Waals surface area contributed by atoms with Crippen LogP contribution in [-0.4, -0.2) is 62.9 Å². The zero-order chi connectivity index (χ0) is 20.7. The standard InChI is InChI=1S/C21H27N3O4S/c1-23-12-14-24(15-13-23)29(26,27)22-20(16-18-8-4-2-5-9-18)21(25)28-17-19-10-6-3-7-11-19/h2-11,20,22H,12-17H2,1H3. The van der Waals surface area contributed by atoms with Gasteiger partial charge < -0.3 is 9.64 Å². The van der Waals surface area contributed by atoms with Crippen molar-refractivity contribution in [2.45, 2.75) is 19.1 Å². The van der Waals surface area contributed by atoms with Gasteiger partial charge >= 0.3 is 5.97 Å². The van der Waals surface area contributed by atoms with Gasteiger partial charge in [0.15, 0.2) is 0 Å². The van der Waals surface area contributed by atoms with Crippen molar-refractivity contribution in [3.8, 4) is 0 Å². The summed E-state index contributed by atoms with van der Waals surface area (Å²) in [5.74, 6) is -0.588. The fourth-order valence-electron chi connectivity index (χ4n) is 3.13. The Morgan fingerprint density at radius 3 is 2.10 bits per heavy atom. The quantitative estimate of drug-likeness (QED) is 0.658. The molecule has 7 nitrogen and oxygen atoms in total. The Hall–Kier alpha value is -2.26. The zero-order valence-corrected chi connectivity index (χ0v) is 17.3. The number of hydrogen-bond donors (Lipinski definition) is 1. The van der Waals surface area contributed by atoms with Crippen LogP contribution < -0.4 is 4.72 Å². The summed E-state index contributed by atoms with van der Waals surface area (Å²) in [5, 5.41) is 0. The normalized spacial score (nSPS) is 17.0. The highest BCUT2D eigenvalue weighted by molar-refractivity contribution is 7.87. The van der Waals surface area contributed by atoms with Crippen LogP contribution in [0.5, 0.6) is 0 Å². The third kappa shape index (κ3) is 6.37. The molecule has 156 valence electrons. The molecule has 0 saturated carbocycles. The molecule has 0 aliphatic carbocycles. The van der Waals surface area contributed by atoms with E-state index in [9.17, 15) is 13.2 Å². The Bertz CT molecular complexity index is 883. The smallest absolute Gasteiger partial charge is 0.324 e. The van der Waals surface area contributed by atoms with E-state index in [4.69, 9.17) is 4.74 Å². The van der Waals surface area contributed by atoms with Crippen molar-refractivity contribution in [1.29, 1.82) is 0 Å². The molecule has 1 aliphatic heterocycles. The monoisotopic (exact) mass is 417 g/mol. The van der Waals surface area contributed by atoms with Crippen molar-refractivity contribution in [2.24, 2.45) is 0 Å². The number of nitrogens with one attached hydrogen (secondary N) is 1. The van der Waals surface area contributed by atoms with Crippen molar-refractivity contribution in [1.82, 2.24) is 13.9 Å². The minimum absolute atomic E-state index is 0.0984. The van der Waals surface area contributed by atoms with E-state index in [2.05, 4.69) is 9.62 Å². The summed E-state index contributed by atoms with van der Waals surface area (Å²) < 4.78 is 35.1. The maximum atomic E-state index is 12.9. The third-order valence-electron chi connectivity index (χ3n) is 4.88. The fourth-order valence-corrected chi connectivity index (χ4v) is 4.47. The summed E-state index contributed by atoms with van der Waals surface area (Å²) in [6, 6.07) is 17.6. The van der Waals surface area contributed by atoms with Gasteiger partial charge in [-0.3, -0.25) is 4.79 Å². The Morgan fingerprint density at radius 2 is 1.52 bits per heavy atom. The van der Waals surface area contributed by atoms with Crippen molar-refractivity contribution < 1.29 is 17.9 Å². The highest BCUT2D eigenvalue weighted by Gasteiger charge is 2.31. The van der Waals surface area contributed by atoms with Gasteiger partial charge in [0.05, 0.1) is 0 Å². The molecule has 2 aromatic rings. The summed E-state index contributed by atoms with van der Waals surface area (Å²) in [5.41, 5.74) is 1.71. The van der Waals surface area contributed by atoms with Crippen molar-refractivity contribution in [3.63, 3.8) is 0 Å². The lowest BCUT2D eigenvalue weighted by Gasteiger charge is -2.32. The first-order chi connectivity index (χ1) is 13.9. The molecule has 8 heteroatoms. The highest BCUT2D eigenvalue weighted by Crippen LogP contribution is 2.11. The largest absolute Gasteiger partial charge is 0.460 e. The molecule has 29 heavy (non-hydrogen) atoms. The van der Waals surface area contributed by atoms with Crippen LogP contribution in [0.1, 0.15) is 11.1 Å². The van der Waals surface area contributed by atoms with E-state index in [-0.39, 0.29) is 13.0 Å². The van der Waals surface area contributed by atoms with E-state index in [0.717, 1.165) is 11.1 Å². The second-order valence-corrected chi connectivity index (χ2v) is 8.86. The lowest BCUT2D eigenvalue weighted by atomic mass is 10.1. The first-order valence-corrected chi connectivity index (χ1v) is 11.1. The number of carbonyl (C=O) groups excluding carboxylic acids is 1. The molecule has 0 spiro atoms. The summed E-state index contributed by atoms with van der Waals surface area (Å²) in [6.45, 7) is 2.19. The van der Waals surface area contributed by atoms with Crippen molar-refractivity contribution in [2.75, 3.05) is 33.2 Å². The predicted molar refractivity (Wildman–Crippen MR) is 111 cm³/mol. The number of esters is 1. The van der Waals surface area contributed by atoms with E-state index in [1.165, 1.54) is 4.31 Å². The second kappa shape index (κ2) is 9.98. The van der Waals surface area contributed by atoms with Crippen molar-refractivity contribution in [3.05, 3.63) is 71.8 Å². The minimum Gasteiger partial charge on any atom is -0.460 e. The third-order valence-corrected chi connectivity index (χ3v) is 6.51. The predicted octanol–water partition coefficient (Wildman–Crippen LogP) is 1.42. The van der Waals surface area contributed by atoms with Crippen LogP contribution in [0, 0.1) is 0 Å². The SMILES string of the molecule is CN1CCN(S(=O)(=O)NC(Cc2ccccc2)C(=O)OCc2ccccc2)CC1. The second-order valence-electron chi connectivity index (χ2n) is 7.16. The molecule has 1 fully saturated rings. The topological polar surface area (TPSA) is 79.0 Å². The van der Waals surface area contributed by atoms with Crippen LogP contribution >= 0.6 is 0 Å². The molecule has 1 unspecified atom stereocenters. The van der Waals surface area contributed by atoms with Gasteiger partial charge in [-0.2, -0.15) is 17.4 Å². The van der Waals surface area contributed by atoms with Gasteiger partial charge in [0.2, 0.25) is 0 Å². The fraction of sp³-hybridized carbons (Fsp3) is 0.381. The number of carbonyl (C=O) groups is 1. The first-order valence-electron chi connectivity index (χ1n) is 9.64. The molecule has 1 aliphatic rings.